The van der Waals surface area contributed by atoms with Crippen LogP contribution in [-0.4, -0.2) is 63.0 Å². The number of nitrogens with zero attached hydrogens (tertiary/aromatic N) is 2. The Labute approximate surface area is 183 Å². The predicted molar refractivity (Wildman–Crippen MR) is 113 cm³/mol. The van der Waals surface area contributed by atoms with Crippen LogP contribution >= 0.6 is 0 Å². The summed E-state index contributed by atoms with van der Waals surface area (Å²) in [5, 5.41) is 2.75. The van der Waals surface area contributed by atoms with Crippen molar-refractivity contribution in [2.24, 2.45) is 0 Å². The number of likely N-dealkylation sites (N-methyl/N-ethyl adjacent to an activating group) is 1. The molecule has 0 bridgehead atoms. The van der Waals surface area contributed by atoms with E-state index < -0.39 is 6.36 Å². The van der Waals surface area contributed by atoms with E-state index in [0.29, 0.717) is 24.5 Å². The molecule has 1 N–H and O–H groups in total. The van der Waals surface area contributed by atoms with Gasteiger partial charge in [-0.25, -0.2) is 0 Å². The third kappa shape index (κ3) is 7.16. The van der Waals surface area contributed by atoms with E-state index in [-0.39, 0.29) is 30.5 Å². The lowest BCUT2D eigenvalue weighted by atomic mass is 10.1. The number of carbonyl (C=O) groups excluding carboxylic acids is 2. The molecule has 1 fully saturated rings. The fourth-order valence-corrected chi connectivity index (χ4v) is 3.20. The average Bonchev–Trinajstić information content (AvgIpc) is 2.75. The van der Waals surface area contributed by atoms with Crippen LogP contribution < -0.4 is 15.0 Å². The van der Waals surface area contributed by atoms with Crippen molar-refractivity contribution in [3.63, 3.8) is 0 Å². The van der Waals surface area contributed by atoms with Crippen molar-refractivity contribution in [3.05, 3.63) is 54.1 Å². The van der Waals surface area contributed by atoms with Gasteiger partial charge in [-0.3, -0.25) is 9.59 Å². The maximum atomic E-state index is 12.4. The zero-order valence-corrected chi connectivity index (χ0v) is 17.5. The Morgan fingerprint density at radius 3 is 2.28 bits per heavy atom. The van der Waals surface area contributed by atoms with Crippen LogP contribution in [0.3, 0.4) is 0 Å². The highest BCUT2D eigenvalue weighted by atomic mass is 19.4. The van der Waals surface area contributed by atoms with Crippen molar-refractivity contribution in [2.45, 2.75) is 12.8 Å². The van der Waals surface area contributed by atoms with Crippen LogP contribution in [0.4, 0.5) is 24.5 Å². The molecular formula is C22H24F3N3O4. The first-order chi connectivity index (χ1) is 15.2. The van der Waals surface area contributed by atoms with Crippen molar-refractivity contribution in [3.8, 4) is 5.75 Å². The van der Waals surface area contributed by atoms with E-state index in [1.165, 1.54) is 24.1 Å². The molecule has 0 spiro atoms. The monoisotopic (exact) mass is 451 g/mol. The van der Waals surface area contributed by atoms with Crippen molar-refractivity contribution in [1.82, 2.24) is 4.90 Å². The molecule has 10 heteroatoms. The number of hydrogen-bond donors (Lipinski definition) is 1. The number of alkyl halides is 3. The summed E-state index contributed by atoms with van der Waals surface area (Å²) in [5.74, 6) is -1.05. The lowest BCUT2D eigenvalue weighted by molar-refractivity contribution is -0.274. The number of nitrogens with one attached hydrogen (secondary N) is 1. The minimum atomic E-state index is -4.77. The quantitative estimate of drug-likeness (QED) is 0.701. The molecule has 1 aliphatic rings. The highest BCUT2D eigenvalue weighted by Crippen LogP contribution is 2.23. The standard InChI is InChI=1S/C22H24F3N3O4/c1-27(21(30)14-16-2-8-19(9-3-16)32-22(23,24)25)15-20(29)26-17-4-6-18(7-5-17)28-10-12-31-13-11-28/h2-9H,10-15H2,1H3,(H,26,29). The van der Waals surface area contributed by atoms with Gasteiger partial charge >= 0.3 is 6.36 Å². The molecular weight excluding hydrogens is 427 g/mol. The van der Waals surface area contributed by atoms with Crippen LogP contribution in [0.2, 0.25) is 0 Å². The van der Waals surface area contributed by atoms with Crippen LogP contribution in [0, 0.1) is 0 Å². The molecule has 1 aliphatic heterocycles. The summed E-state index contributed by atoms with van der Waals surface area (Å²) in [5.41, 5.74) is 2.17. The number of morpholine rings is 1. The van der Waals surface area contributed by atoms with E-state index in [1.54, 1.807) is 12.1 Å². The maximum Gasteiger partial charge on any atom is 0.573 e. The van der Waals surface area contributed by atoms with Gasteiger partial charge in [-0.1, -0.05) is 12.1 Å². The second-order valence-electron chi connectivity index (χ2n) is 7.31. The molecule has 2 aromatic carbocycles. The minimum Gasteiger partial charge on any atom is -0.406 e. The fraction of sp³-hybridized carbons (Fsp3) is 0.364. The van der Waals surface area contributed by atoms with E-state index in [4.69, 9.17) is 4.74 Å². The molecule has 1 saturated heterocycles. The molecule has 0 saturated carbocycles. The maximum absolute atomic E-state index is 12.4. The summed E-state index contributed by atoms with van der Waals surface area (Å²) in [6.45, 7) is 2.85. The third-order valence-electron chi connectivity index (χ3n) is 4.85. The van der Waals surface area contributed by atoms with Crippen LogP contribution in [0.15, 0.2) is 48.5 Å². The first kappa shape index (κ1) is 23.4. The Morgan fingerprint density at radius 2 is 1.69 bits per heavy atom. The summed E-state index contributed by atoms with van der Waals surface area (Å²) in [6, 6.07) is 12.5. The Kier molecular flexibility index (Phi) is 7.57. The lowest BCUT2D eigenvalue weighted by Crippen LogP contribution is -2.36. The molecule has 0 aromatic heterocycles. The third-order valence-corrected chi connectivity index (χ3v) is 4.85. The normalized spacial score (nSPS) is 14.1. The Bertz CT molecular complexity index is 912. The number of ether oxygens (including phenoxy) is 2. The summed E-state index contributed by atoms with van der Waals surface area (Å²) in [6.07, 6.45) is -4.82. The Morgan fingerprint density at radius 1 is 1.06 bits per heavy atom. The van der Waals surface area contributed by atoms with Gasteiger partial charge in [0, 0.05) is 31.5 Å². The summed E-state index contributed by atoms with van der Waals surface area (Å²) in [4.78, 5) is 28.1. The molecule has 2 amide bonds. The lowest BCUT2D eigenvalue weighted by Gasteiger charge is -2.28. The molecule has 7 nitrogen and oxygen atoms in total. The number of hydrogen-bond acceptors (Lipinski definition) is 5. The van der Waals surface area contributed by atoms with Crippen LogP contribution in [0.1, 0.15) is 5.56 Å². The first-order valence-corrected chi connectivity index (χ1v) is 10.0. The number of anilines is 2. The van der Waals surface area contributed by atoms with Crippen LogP contribution in [0.25, 0.3) is 0 Å². The fourth-order valence-electron chi connectivity index (χ4n) is 3.20. The van der Waals surface area contributed by atoms with E-state index in [2.05, 4.69) is 15.0 Å². The van der Waals surface area contributed by atoms with Gasteiger partial charge < -0.3 is 24.6 Å². The second kappa shape index (κ2) is 10.4. The van der Waals surface area contributed by atoms with E-state index in [0.717, 1.165) is 30.9 Å². The van der Waals surface area contributed by atoms with Crippen molar-refractivity contribution >= 4 is 23.2 Å². The van der Waals surface area contributed by atoms with Gasteiger partial charge in [0.05, 0.1) is 26.2 Å². The molecule has 32 heavy (non-hydrogen) atoms. The Hall–Kier alpha value is -3.27. The topological polar surface area (TPSA) is 71.1 Å². The van der Waals surface area contributed by atoms with Crippen LogP contribution in [0.5, 0.6) is 5.75 Å². The molecule has 1 heterocycles. The van der Waals surface area contributed by atoms with Gasteiger partial charge in [-0.15, -0.1) is 13.2 Å². The van der Waals surface area contributed by atoms with E-state index in [9.17, 15) is 22.8 Å². The van der Waals surface area contributed by atoms with Gasteiger partial charge in [-0.05, 0) is 42.0 Å². The van der Waals surface area contributed by atoms with Crippen molar-refractivity contribution in [2.75, 3.05) is 50.1 Å². The minimum absolute atomic E-state index is 0.0513. The van der Waals surface area contributed by atoms with Gasteiger partial charge in [-0.2, -0.15) is 0 Å². The number of carbonyl (C=O) groups is 2. The highest BCUT2D eigenvalue weighted by molar-refractivity contribution is 5.94. The SMILES string of the molecule is CN(CC(=O)Nc1ccc(N2CCOCC2)cc1)C(=O)Cc1ccc(OC(F)(F)F)cc1. The predicted octanol–water partition coefficient (Wildman–Crippen LogP) is 3.06. The number of rotatable bonds is 7. The highest BCUT2D eigenvalue weighted by Gasteiger charge is 2.31. The molecule has 0 unspecified atom stereocenters. The summed E-state index contributed by atoms with van der Waals surface area (Å²) in [7, 11) is 1.49. The van der Waals surface area contributed by atoms with Gasteiger partial charge in [0.1, 0.15) is 5.75 Å². The Balaban J connectivity index is 1.46. The largest absolute Gasteiger partial charge is 0.573 e. The number of amides is 2. The van der Waals surface area contributed by atoms with Crippen molar-refractivity contribution < 1.29 is 32.2 Å². The van der Waals surface area contributed by atoms with Crippen LogP contribution in [-0.2, 0) is 20.7 Å². The first-order valence-electron chi connectivity index (χ1n) is 10.0. The van der Waals surface area contributed by atoms with Crippen molar-refractivity contribution in [1.29, 1.82) is 0 Å². The second-order valence-corrected chi connectivity index (χ2v) is 7.31. The smallest absolute Gasteiger partial charge is 0.406 e. The molecule has 2 aromatic rings. The molecule has 0 aliphatic carbocycles. The summed E-state index contributed by atoms with van der Waals surface area (Å²) < 4.78 is 45.8. The van der Waals surface area contributed by atoms with Gasteiger partial charge in [0.25, 0.3) is 0 Å². The zero-order valence-electron chi connectivity index (χ0n) is 17.5. The molecule has 0 radical (unpaired) electrons. The molecule has 172 valence electrons. The van der Waals surface area contributed by atoms with E-state index >= 15 is 0 Å². The summed E-state index contributed by atoms with van der Waals surface area (Å²) >= 11 is 0. The average molecular weight is 451 g/mol. The van der Waals surface area contributed by atoms with Gasteiger partial charge in [0.2, 0.25) is 11.8 Å². The van der Waals surface area contributed by atoms with E-state index in [1.807, 2.05) is 12.1 Å². The number of halogens is 3. The molecule has 0 atom stereocenters. The zero-order chi connectivity index (χ0) is 23.1. The molecule has 3 rings (SSSR count). The number of benzene rings is 2. The van der Waals surface area contributed by atoms with Gasteiger partial charge in [0.15, 0.2) is 0 Å².